The quantitative estimate of drug-likeness (QED) is 0.114. The van der Waals surface area contributed by atoms with Crippen LogP contribution in [0.15, 0.2) is 218 Å². The third kappa shape index (κ3) is 7.68. The van der Waals surface area contributed by atoms with Gasteiger partial charge in [0, 0.05) is 59.2 Å². The van der Waals surface area contributed by atoms with Crippen LogP contribution in [0.3, 0.4) is 0 Å². The Bertz CT molecular complexity index is 4630. The number of aromatic nitrogens is 2. The fourth-order valence-corrected chi connectivity index (χ4v) is 21.1. The van der Waals surface area contributed by atoms with Crippen molar-refractivity contribution in [3.8, 4) is 11.4 Å². The summed E-state index contributed by atoms with van der Waals surface area (Å²) in [5.41, 5.74) is 19.1. The molecular formula is C78H72BN3SSi. The maximum Gasteiger partial charge on any atom is 0.264 e. The van der Waals surface area contributed by atoms with E-state index in [2.05, 4.69) is 316 Å². The van der Waals surface area contributed by atoms with Crippen molar-refractivity contribution in [3.63, 3.8) is 0 Å². The van der Waals surface area contributed by atoms with E-state index in [0.29, 0.717) is 0 Å². The summed E-state index contributed by atoms with van der Waals surface area (Å²) in [6.45, 7) is 28.0. The molecule has 3 aromatic heterocycles. The van der Waals surface area contributed by atoms with E-state index in [0.717, 1.165) is 17.1 Å². The topological polar surface area (TPSA) is 13.1 Å². The van der Waals surface area contributed by atoms with E-state index in [9.17, 15) is 0 Å². The number of anilines is 3. The largest absolute Gasteiger partial charge is 0.310 e. The second-order valence-corrected chi connectivity index (χ2v) is 33.0. The van der Waals surface area contributed by atoms with Crippen molar-refractivity contribution in [2.45, 2.75) is 105 Å². The van der Waals surface area contributed by atoms with Crippen molar-refractivity contribution < 1.29 is 0 Å². The Balaban J connectivity index is 1.18. The molecule has 0 amide bonds. The molecule has 0 atom stereocenters. The van der Waals surface area contributed by atoms with Crippen molar-refractivity contribution in [1.29, 1.82) is 0 Å². The van der Waals surface area contributed by atoms with Gasteiger partial charge in [0.15, 0.2) is 8.07 Å². The third-order valence-electron chi connectivity index (χ3n) is 18.8. The first-order valence-corrected chi connectivity index (χ1v) is 33.0. The molecule has 0 saturated carbocycles. The van der Waals surface area contributed by atoms with Crippen molar-refractivity contribution in [2.75, 3.05) is 4.90 Å². The van der Waals surface area contributed by atoms with Gasteiger partial charge in [-0.25, -0.2) is 0 Å². The van der Waals surface area contributed by atoms with Crippen LogP contribution in [-0.2, 0) is 21.7 Å². The second kappa shape index (κ2) is 18.4. The van der Waals surface area contributed by atoms with E-state index in [1.807, 2.05) is 11.3 Å². The number of hydrogen-bond donors (Lipinski definition) is 0. The first kappa shape index (κ1) is 52.6. The molecule has 0 spiro atoms. The molecule has 0 radical (unpaired) electrons. The maximum absolute atomic E-state index is 3.35. The summed E-state index contributed by atoms with van der Waals surface area (Å²) in [6, 6.07) is 85.5. The average Bonchev–Trinajstić information content (AvgIpc) is 1.45. The van der Waals surface area contributed by atoms with Crippen LogP contribution in [-0.4, -0.2) is 23.9 Å². The number of nitrogens with zero attached hydrogens (tertiary/aromatic N) is 3. The van der Waals surface area contributed by atoms with E-state index in [1.165, 1.54) is 124 Å². The monoisotopic (exact) mass is 1120 g/mol. The van der Waals surface area contributed by atoms with Crippen LogP contribution in [0.5, 0.6) is 0 Å². The van der Waals surface area contributed by atoms with Crippen molar-refractivity contribution in [2.24, 2.45) is 0 Å². The Labute approximate surface area is 501 Å². The van der Waals surface area contributed by atoms with Crippen LogP contribution < -0.4 is 41.3 Å². The number of thiophene rings is 1. The summed E-state index contributed by atoms with van der Waals surface area (Å²) < 4.78 is 8.23. The number of benzene rings is 10. The Morgan fingerprint density at radius 2 is 0.833 bits per heavy atom. The first-order valence-electron chi connectivity index (χ1n) is 30.2. The van der Waals surface area contributed by atoms with Gasteiger partial charge in [-0.15, -0.1) is 11.3 Å². The molecule has 15 rings (SSSR count). The third-order valence-corrected chi connectivity index (χ3v) is 24.9. The SMILES string of the molecule is CC(C)(C)c1ccc(N(c2ccc(C(C)(C)C)cc2)c2ccc3c(c2)-n2c4ccc(C(C)(C)C)cc4c4c([Si](c5ccccc5)(c5ccccc5)c5ccccc5)c5c6ccccc6n6c5c(c42)B3c2sc3ccc(C(C)(C)C)cc3c2-6)cc1. The lowest BCUT2D eigenvalue weighted by Crippen LogP contribution is -2.75. The van der Waals surface area contributed by atoms with Crippen LogP contribution in [0.2, 0.25) is 0 Å². The van der Waals surface area contributed by atoms with Gasteiger partial charge in [0.05, 0.1) is 27.8 Å². The molecule has 0 N–H and O–H groups in total. The van der Waals surface area contributed by atoms with E-state index in [-0.39, 0.29) is 28.4 Å². The summed E-state index contributed by atoms with van der Waals surface area (Å²) in [6.07, 6.45) is 0. The zero-order valence-corrected chi connectivity index (χ0v) is 52.4. The van der Waals surface area contributed by atoms with Gasteiger partial charge in [-0.05, 0) is 142 Å². The molecule has 13 aromatic rings. The maximum atomic E-state index is 2.76. The van der Waals surface area contributed by atoms with Gasteiger partial charge in [0.2, 0.25) is 0 Å². The van der Waals surface area contributed by atoms with Gasteiger partial charge in [-0.2, -0.15) is 0 Å². The molecule has 0 bridgehead atoms. The fourth-order valence-electron chi connectivity index (χ4n) is 14.6. The van der Waals surface area contributed by atoms with Crippen LogP contribution in [0, 0.1) is 0 Å². The highest BCUT2D eigenvalue weighted by molar-refractivity contribution is 7.33. The Morgan fingerprint density at radius 1 is 0.393 bits per heavy atom. The molecular weight excluding hydrogens is 1050 g/mol. The molecule has 0 saturated heterocycles. The number of fused-ring (bicyclic) bond motifs is 14. The lowest BCUT2D eigenvalue weighted by atomic mass is 9.37. The van der Waals surface area contributed by atoms with E-state index >= 15 is 0 Å². The van der Waals surface area contributed by atoms with Crippen LogP contribution >= 0.6 is 11.3 Å². The highest BCUT2D eigenvalue weighted by Crippen LogP contribution is 2.47. The van der Waals surface area contributed by atoms with Gasteiger partial charge in [-0.1, -0.05) is 235 Å². The molecule has 5 heterocycles. The summed E-state index contributed by atoms with van der Waals surface area (Å²) >= 11 is 2.00. The standard InChI is InChI=1S/C78H72BN3SSi/c1-75(2,3)49-32-38-53(39-33-49)80(54-40-34-50(35-41-54)76(4,5)6)55-42-43-62-65(48-55)81-64-44-36-51(77(7,8)9)46-60(64)68-71(81)69-72-67(73(68)84(56-24-16-13-17-25-56,57-26-18-14-19-27-57)58-28-20-15-21-29-58)59-30-22-23-31-63(59)82(72)70-61-47-52(78(10,11)12)37-45-66(61)83-74(70)79(62)69/h13-48H,1-12H3. The molecule has 0 aliphatic carbocycles. The number of hydrogen-bond acceptors (Lipinski definition) is 2. The molecule has 3 nitrogen and oxygen atoms in total. The average molecular weight is 1120 g/mol. The highest BCUT2D eigenvalue weighted by Gasteiger charge is 2.50. The molecule has 84 heavy (non-hydrogen) atoms. The van der Waals surface area contributed by atoms with Crippen molar-refractivity contribution >= 4 is 133 Å². The molecule has 6 heteroatoms. The molecule has 0 fully saturated rings. The Hall–Kier alpha value is -8.16. The summed E-state index contributed by atoms with van der Waals surface area (Å²) in [7, 11) is -3.35. The first-order chi connectivity index (χ1) is 40.2. The van der Waals surface area contributed by atoms with Crippen LogP contribution in [0.1, 0.15) is 105 Å². The van der Waals surface area contributed by atoms with Gasteiger partial charge in [-0.3, -0.25) is 0 Å². The van der Waals surface area contributed by atoms with Crippen molar-refractivity contribution in [1.82, 2.24) is 9.13 Å². The van der Waals surface area contributed by atoms with Gasteiger partial charge in [0.25, 0.3) is 6.71 Å². The number of para-hydroxylation sites is 1. The molecule has 412 valence electrons. The molecule has 10 aromatic carbocycles. The highest BCUT2D eigenvalue weighted by atomic mass is 32.1. The van der Waals surface area contributed by atoms with Crippen molar-refractivity contribution in [3.05, 3.63) is 241 Å². The lowest BCUT2D eigenvalue weighted by Gasteiger charge is -2.38. The minimum Gasteiger partial charge on any atom is -0.310 e. The minimum absolute atomic E-state index is 0.0162. The van der Waals surface area contributed by atoms with Gasteiger partial charge >= 0.3 is 0 Å². The van der Waals surface area contributed by atoms with E-state index < -0.39 is 8.07 Å². The predicted molar refractivity (Wildman–Crippen MR) is 368 cm³/mol. The van der Waals surface area contributed by atoms with Crippen LogP contribution in [0.4, 0.5) is 17.1 Å². The Morgan fingerprint density at radius 3 is 1.37 bits per heavy atom. The fraction of sp³-hybridized carbons (Fsp3) is 0.205. The Kier molecular flexibility index (Phi) is 11.5. The zero-order valence-electron chi connectivity index (χ0n) is 50.6. The summed E-state index contributed by atoms with van der Waals surface area (Å²) in [5.74, 6) is 0. The van der Waals surface area contributed by atoms with E-state index in [1.54, 1.807) is 0 Å². The smallest absolute Gasteiger partial charge is 0.264 e. The minimum atomic E-state index is -3.35. The lowest BCUT2D eigenvalue weighted by molar-refractivity contribution is 0.590. The summed E-state index contributed by atoms with van der Waals surface area (Å²) in [4.78, 5) is 2.50. The number of rotatable bonds is 7. The summed E-state index contributed by atoms with van der Waals surface area (Å²) in [5, 5.41) is 12.3. The molecule has 2 aliphatic heterocycles. The second-order valence-electron chi connectivity index (χ2n) is 28.1. The van der Waals surface area contributed by atoms with Gasteiger partial charge < -0.3 is 14.0 Å². The predicted octanol–water partition coefficient (Wildman–Crippen LogP) is 16.3. The van der Waals surface area contributed by atoms with E-state index in [4.69, 9.17) is 0 Å². The molecule has 2 aliphatic rings. The van der Waals surface area contributed by atoms with Gasteiger partial charge in [0.1, 0.15) is 0 Å². The normalized spacial score (nSPS) is 13.5. The van der Waals surface area contributed by atoms with Crippen LogP contribution in [0.25, 0.3) is 65.1 Å². The zero-order chi connectivity index (χ0) is 58.0. The molecule has 0 unspecified atom stereocenters.